The summed E-state index contributed by atoms with van der Waals surface area (Å²) < 4.78 is 0. The highest BCUT2D eigenvalue weighted by Crippen LogP contribution is 2.30. The number of carbonyl (C=O) groups is 2. The number of hydrogen-bond acceptors (Lipinski definition) is 3. The van der Waals surface area contributed by atoms with Gasteiger partial charge in [-0.3, -0.25) is 9.59 Å². The number of anilines is 2. The highest BCUT2D eigenvalue weighted by molar-refractivity contribution is 6.06. The van der Waals surface area contributed by atoms with Crippen LogP contribution in [-0.2, 0) is 18.3 Å². The second kappa shape index (κ2) is 13.7. The SMILES string of the molecule is CC(C)(C)c1ccc(C(=O)Nc2ccc(N3CCC(Cc4ccccc4)CC3)c(C(=O)NCCc3ccccc3)c2)cc1. The molecule has 0 atom stereocenters. The molecule has 0 aliphatic carbocycles. The number of amides is 2. The molecule has 2 amide bonds. The number of rotatable bonds is 9. The molecule has 5 rings (SSSR count). The minimum Gasteiger partial charge on any atom is -0.371 e. The molecule has 1 aliphatic heterocycles. The third kappa shape index (κ3) is 8.13. The second-order valence-corrected chi connectivity index (χ2v) is 12.6. The van der Waals surface area contributed by atoms with Crippen LogP contribution < -0.4 is 15.5 Å². The summed E-state index contributed by atoms with van der Waals surface area (Å²) in [6, 6.07) is 34.3. The maximum atomic E-state index is 13.6. The van der Waals surface area contributed by atoms with E-state index in [0.29, 0.717) is 29.3 Å². The molecule has 0 saturated carbocycles. The molecular formula is C38H43N3O2. The number of carbonyl (C=O) groups excluding carboxylic acids is 2. The molecule has 1 aliphatic rings. The molecule has 1 fully saturated rings. The van der Waals surface area contributed by atoms with E-state index in [9.17, 15) is 9.59 Å². The topological polar surface area (TPSA) is 61.4 Å². The van der Waals surface area contributed by atoms with E-state index in [2.05, 4.69) is 78.8 Å². The predicted molar refractivity (Wildman–Crippen MR) is 177 cm³/mol. The van der Waals surface area contributed by atoms with E-state index < -0.39 is 0 Å². The van der Waals surface area contributed by atoms with Crippen molar-refractivity contribution in [3.8, 4) is 0 Å². The molecule has 0 bridgehead atoms. The Morgan fingerprint density at radius 1 is 0.767 bits per heavy atom. The minimum atomic E-state index is -0.189. The lowest BCUT2D eigenvalue weighted by Gasteiger charge is -2.35. The van der Waals surface area contributed by atoms with Gasteiger partial charge in [0.05, 0.1) is 5.56 Å². The van der Waals surface area contributed by atoms with Gasteiger partial charge in [-0.15, -0.1) is 0 Å². The van der Waals surface area contributed by atoms with Gasteiger partial charge in [-0.1, -0.05) is 93.6 Å². The van der Waals surface area contributed by atoms with Crippen LogP contribution in [0.3, 0.4) is 0 Å². The summed E-state index contributed by atoms with van der Waals surface area (Å²) in [5.74, 6) is 0.318. The van der Waals surface area contributed by atoms with Crippen molar-refractivity contribution in [1.82, 2.24) is 5.32 Å². The van der Waals surface area contributed by atoms with Crippen LogP contribution >= 0.6 is 0 Å². The van der Waals surface area contributed by atoms with Crippen molar-refractivity contribution in [2.75, 3.05) is 29.9 Å². The van der Waals surface area contributed by atoms with Gasteiger partial charge in [0.2, 0.25) is 0 Å². The first kappa shape index (κ1) is 30.1. The van der Waals surface area contributed by atoms with E-state index in [1.807, 2.05) is 60.7 Å². The summed E-state index contributed by atoms with van der Waals surface area (Å²) in [7, 11) is 0. The summed E-state index contributed by atoms with van der Waals surface area (Å²) in [5.41, 5.74) is 6.47. The van der Waals surface area contributed by atoms with Crippen molar-refractivity contribution in [2.45, 2.75) is 51.9 Å². The van der Waals surface area contributed by atoms with Crippen molar-refractivity contribution < 1.29 is 9.59 Å². The van der Waals surface area contributed by atoms with Gasteiger partial charge in [0, 0.05) is 36.6 Å². The third-order valence-corrected chi connectivity index (χ3v) is 8.38. The first-order chi connectivity index (χ1) is 20.8. The van der Waals surface area contributed by atoms with Crippen LogP contribution in [0.5, 0.6) is 0 Å². The van der Waals surface area contributed by atoms with Gasteiger partial charge in [0.15, 0.2) is 0 Å². The highest BCUT2D eigenvalue weighted by atomic mass is 16.2. The van der Waals surface area contributed by atoms with Gasteiger partial charge >= 0.3 is 0 Å². The van der Waals surface area contributed by atoms with E-state index in [-0.39, 0.29) is 17.2 Å². The average molecular weight is 574 g/mol. The molecule has 0 radical (unpaired) electrons. The largest absolute Gasteiger partial charge is 0.371 e. The molecule has 5 nitrogen and oxygen atoms in total. The lowest BCUT2D eigenvalue weighted by Crippen LogP contribution is -2.36. The van der Waals surface area contributed by atoms with Crippen LogP contribution in [0.2, 0.25) is 0 Å². The van der Waals surface area contributed by atoms with Crippen molar-refractivity contribution in [2.24, 2.45) is 5.92 Å². The van der Waals surface area contributed by atoms with Crippen LogP contribution in [0.1, 0.15) is 71.0 Å². The Morgan fingerprint density at radius 2 is 1.40 bits per heavy atom. The number of hydrogen-bond donors (Lipinski definition) is 2. The van der Waals surface area contributed by atoms with E-state index in [0.717, 1.165) is 44.5 Å². The summed E-state index contributed by atoms with van der Waals surface area (Å²) in [6.45, 7) is 8.80. The van der Waals surface area contributed by atoms with Crippen molar-refractivity contribution in [3.63, 3.8) is 0 Å². The van der Waals surface area contributed by atoms with E-state index in [4.69, 9.17) is 0 Å². The van der Waals surface area contributed by atoms with Crippen LogP contribution in [-0.4, -0.2) is 31.4 Å². The minimum absolute atomic E-state index is 0.0175. The average Bonchev–Trinajstić information content (AvgIpc) is 3.02. The van der Waals surface area contributed by atoms with Crippen molar-refractivity contribution in [1.29, 1.82) is 0 Å². The maximum Gasteiger partial charge on any atom is 0.255 e. The van der Waals surface area contributed by atoms with Crippen molar-refractivity contribution in [3.05, 3.63) is 131 Å². The quantitative estimate of drug-likeness (QED) is 0.216. The molecule has 222 valence electrons. The van der Waals surface area contributed by atoms with Gasteiger partial charge < -0.3 is 15.5 Å². The number of benzene rings is 4. The Kier molecular flexibility index (Phi) is 9.61. The molecule has 1 heterocycles. The lowest BCUT2D eigenvalue weighted by molar-refractivity contribution is 0.0953. The van der Waals surface area contributed by atoms with E-state index in [1.165, 1.54) is 16.7 Å². The van der Waals surface area contributed by atoms with Crippen LogP contribution in [0, 0.1) is 5.92 Å². The molecule has 43 heavy (non-hydrogen) atoms. The molecule has 0 aromatic heterocycles. The molecule has 5 heteroatoms. The van der Waals surface area contributed by atoms with E-state index in [1.54, 1.807) is 0 Å². The molecule has 1 saturated heterocycles. The monoisotopic (exact) mass is 573 g/mol. The van der Waals surface area contributed by atoms with Gasteiger partial charge in [-0.05, 0) is 84.0 Å². The molecule has 2 N–H and O–H groups in total. The Bertz CT molecular complexity index is 1500. The van der Waals surface area contributed by atoms with Crippen molar-refractivity contribution >= 4 is 23.2 Å². The predicted octanol–water partition coefficient (Wildman–Crippen LogP) is 7.67. The Balaban J connectivity index is 1.30. The lowest BCUT2D eigenvalue weighted by atomic mass is 9.87. The normalized spacial score (nSPS) is 13.9. The van der Waals surface area contributed by atoms with Crippen LogP contribution in [0.4, 0.5) is 11.4 Å². The second-order valence-electron chi connectivity index (χ2n) is 12.6. The summed E-state index contributed by atoms with van der Waals surface area (Å²) in [5, 5.41) is 6.14. The van der Waals surface area contributed by atoms with Gasteiger partial charge in [0.25, 0.3) is 11.8 Å². The zero-order valence-corrected chi connectivity index (χ0v) is 25.6. The number of nitrogens with zero attached hydrogens (tertiary/aromatic N) is 1. The standard InChI is InChI=1S/C38H43N3O2/c1-38(2,3)32-16-14-31(15-17-32)36(42)40-33-18-19-35(34(27-33)37(43)39-23-20-28-10-6-4-7-11-28)41-24-21-30(22-25-41)26-29-12-8-5-9-13-29/h4-19,27,30H,20-26H2,1-3H3,(H,39,43)(H,40,42). The van der Waals surface area contributed by atoms with Crippen LogP contribution in [0.15, 0.2) is 103 Å². The first-order valence-electron chi connectivity index (χ1n) is 15.4. The molecule has 4 aromatic carbocycles. The molecule has 0 spiro atoms. The fourth-order valence-corrected chi connectivity index (χ4v) is 5.78. The summed E-state index contributed by atoms with van der Waals surface area (Å²) in [6.07, 6.45) is 4.00. The molecule has 0 unspecified atom stereocenters. The molecule has 4 aromatic rings. The van der Waals surface area contributed by atoms with Gasteiger partial charge in [-0.2, -0.15) is 0 Å². The zero-order chi connectivity index (χ0) is 30.2. The first-order valence-corrected chi connectivity index (χ1v) is 15.4. The fraction of sp³-hybridized carbons (Fsp3) is 0.316. The smallest absolute Gasteiger partial charge is 0.255 e. The Hall–Kier alpha value is -4.38. The Labute approximate surface area is 256 Å². The zero-order valence-electron chi connectivity index (χ0n) is 25.6. The van der Waals surface area contributed by atoms with Gasteiger partial charge in [0.1, 0.15) is 0 Å². The van der Waals surface area contributed by atoms with Gasteiger partial charge in [-0.25, -0.2) is 0 Å². The number of nitrogens with one attached hydrogen (secondary N) is 2. The fourth-order valence-electron chi connectivity index (χ4n) is 5.78. The maximum absolute atomic E-state index is 13.6. The molecular weight excluding hydrogens is 530 g/mol. The summed E-state index contributed by atoms with van der Waals surface area (Å²) in [4.78, 5) is 29.1. The van der Waals surface area contributed by atoms with E-state index >= 15 is 0 Å². The Morgan fingerprint density at radius 3 is 2.02 bits per heavy atom. The highest BCUT2D eigenvalue weighted by Gasteiger charge is 2.24. The number of piperidine rings is 1. The van der Waals surface area contributed by atoms with Crippen LogP contribution in [0.25, 0.3) is 0 Å². The third-order valence-electron chi connectivity index (χ3n) is 8.38. The summed E-state index contributed by atoms with van der Waals surface area (Å²) >= 11 is 0.